The summed E-state index contributed by atoms with van der Waals surface area (Å²) in [5.41, 5.74) is 2.34. The number of fused-ring (bicyclic) bond motifs is 1. The van der Waals surface area contributed by atoms with E-state index in [1.807, 2.05) is 25.1 Å². The van der Waals surface area contributed by atoms with Crippen molar-refractivity contribution >= 4 is 16.8 Å². The number of Topliss-reactive ketones (excluding diaryl/α,β-unsaturated/α-hetero) is 1. The van der Waals surface area contributed by atoms with E-state index in [1.165, 1.54) is 0 Å². The van der Waals surface area contributed by atoms with Crippen LogP contribution in [0.15, 0.2) is 18.2 Å². The molecule has 1 aromatic carbocycles. The van der Waals surface area contributed by atoms with Gasteiger partial charge in [-0.2, -0.15) is 15.4 Å². The van der Waals surface area contributed by atoms with E-state index in [1.54, 1.807) is 0 Å². The van der Waals surface area contributed by atoms with Gasteiger partial charge >= 0.3 is 0 Å². The molecule has 0 amide bonds. The van der Waals surface area contributed by atoms with Crippen LogP contribution in [0.3, 0.4) is 0 Å². The number of ketones is 1. The van der Waals surface area contributed by atoms with Crippen LogP contribution < -0.4 is 0 Å². The summed E-state index contributed by atoms with van der Waals surface area (Å²) in [4.78, 5) is 11.7. The summed E-state index contributed by atoms with van der Waals surface area (Å²) < 4.78 is 0. The van der Waals surface area contributed by atoms with Gasteiger partial charge in [0.25, 0.3) is 0 Å². The second kappa shape index (κ2) is 5.05. The monoisotopic (exact) mass is 233 g/mol. The Bertz CT molecular complexity index is 521. The second-order valence-corrected chi connectivity index (χ2v) is 4.09. The molecule has 0 aliphatic carbocycles. The van der Waals surface area contributed by atoms with Crippen molar-refractivity contribution in [2.45, 2.75) is 32.3 Å². The number of hydrogen-bond donors (Lipinski definition) is 2. The summed E-state index contributed by atoms with van der Waals surface area (Å²) in [6.07, 6.45) is 0.546. The predicted molar refractivity (Wildman–Crippen MR) is 63.5 cm³/mol. The molecule has 0 unspecified atom stereocenters. The molecule has 2 N–H and O–H groups in total. The molecule has 0 saturated carbocycles. The number of aromatic nitrogens is 3. The lowest BCUT2D eigenvalue weighted by atomic mass is 10.0. The van der Waals surface area contributed by atoms with E-state index < -0.39 is 6.10 Å². The Morgan fingerprint density at radius 2 is 2.29 bits per heavy atom. The van der Waals surface area contributed by atoms with Gasteiger partial charge in [0.05, 0.1) is 6.10 Å². The molecule has 90 valence electrons. The lowest BCUT2D eigenvalue weighted by molar-refractivity contribution is -0.120. The zero-order chi connectivity index (χ0) is 12.3. The number of carbonyl (C=O) groups is 1. The van der Waals surface area contributed by atoms with Crippen molar-refractivity contribution < 1.29 is 9.90 Å². The third-order valence-corrected chi connectivity index (χ3v) is 2.75. The van der Waals surface area contributed by atoms with Crippen LogP contribution in [0.2, 0.25) is 0 Å². The van der Waals surface area contributed by atoms with Crippen molar-refractivity contribution in [2.24, 2.45) is 0 Å². The van der Waals surface area contributed by atoms with Gasteiger partial charge in [-0.05, 0) is 18.1 Å². The van der Waals surface area contributed by atoms with Crippen LogP contribution in [0, 0.1) is 0 Å². The third kappa shape index (κ3) is 2.68. The van der Waals surface area contributed by atoms with Gasteiger partial charge in [-0.1, -0.05) is 19.1 Å². The van der Waals surface area contributed by atoms with Crippen LogP contribution in [0.4, 0.5) is 0 Å². The fraction of sp³-hybridized carbons (Fsp3) is 0.417. The average Bonchev–Trinajstić information content (AvgIpc) is 2.78. The number of nitrogens with one attached hydrogen (secondary N) is 1. The topological polar surface area (TPSA) is 78.9 Å². The lowest BCUT2D eigenvalue weighted by Crippen LogP contribution is -2.14. The number of aliphatic hydroxyl groups excluding tert-OH is 1. The molecular weight excluding hydrogens is 218 g/mol. The van der Waals surface area contributed by atoms with Gasteiger partial charge in [0.2, 0.25) is 0 Å². The number of nitrogens with zero attached hydrogens (tertiary/aromatic N) is 2. The van der Waals surface area contributed by atoms with Gasteiger partial charge < -0.3 is 5.11 Å². The summed E-state index contributed by atoms with van der Waals surface area (Å²) in [5.74, 6) is 0.0230. The maximum atomic E-state index is 11.7. The first kappa shape index (κ1) is 11.7. The molecule has 17 heavy (non-hydrogen) atoms. The van der Waals surface area contributed by atoms with E-state index in [4.69, 9.17) is 0 Å². The summed E-state index contributed by atoms with van der Waals surface area (Å²) >= 11 is 0. The summed E-state index contributed by atoms with van der Waals surface area (Å²) in [5, 5.41) is 20.0. The second-order valence-electron chi connectivity index (χ2n) is 4.09. The zero-order valence-electron chi connectivity index (χ0n) is 9.68. The number of benzene rings is 1. The van der Waals surface area contributed by atoms with E-state index in [0.717, 1.165) is 16.6 Å². The van der Waals surface area contributed by atoms with Crippen LogP contribution in [0.25, 0.3) is 11.0 Å². The Morgan fingerprint density at radius 3 is 3.06 bits per heavy atom. The van der Waals surface area contributed by atoms with Crippen LogP contribution in [-0.4, -0.2) is 32.4 Å². The maximum absolute atomic E-state index is 11.7. The summed E-state index contributed by atoms with van der Waals surface area (Å²) in [6.45, 7) is 1.86. The zero-order valence-corrected chi connectivity index (χ0v) is 9.68. The molecule has 1 aromatic heterocycles. The number of hydrogen-bond acceptors (Lipinski definition) is 4. The van der Waals surface area contributed by atoms with Gasteiger partial charge in [0, 0.05) is 12.8 Å². The molecule has 0 saturated heterocycles. The summed E-state index contributed by atoms with van der Waals surface area (Å²) in [7, 11) is 0. The van der Waals surface area contributed by atoms with Crippen molar-refractivity contribution in [3.63, 3.8) is 0 Å². The molecule has 5 heteroatoms. The quantitative estimate of drug-likeness (QED) is 0.814. The van der Waals surface area contributed by atoms with Crippen molar-refractivity contribution in [3.05, 3.63) is 23.8 Å². The number of carbonyl (C=O) groups excluding carboxylic acids is 1. The first-order valence-electron chi connectivity index (χ1n) is 5.69. The van der Waals surface area contributed by atoms with E-state index in [2.05, 4.69) is 15.4 Å². The van der Waals surface area contributed by atoms with Gasteiger partial charge in [-0.3, -0.25) is 4.79 Å². The van der Waals surface area contributed by atoms with Gasteiger partial charge in [0.15, 0.2) is 0 Å². The molecule has 0 spiro atoms. The maximum Gasteiger partial charge on any atom is 0.139 e. The molecule has 0 aliphatic rings. The number of H-pyrrole nitrogens is 1. The van der Waals surface area contributed by atoms with Gasteiger partial charge in [-0.15, -0.1) is 0 Å². The summed E-state index contributed by atoms with van der Waals surface area (Å²) in [6, 6.07) is 5.55. The normalized spacial score (nSPS) is 12.8. The average molecular weight is 233 g/mol. The number of rotatable bonds is 5. The van der Waals surface area contributed by atoms with Crippen molar-refractivity contribution in [3.8, 4) is 0 Å². The third-order valence-electron chi connectivity index (χ3n) is 2.75. The fourth-order valence-electron chi connectivity index (χ4n) is 1.76. The van der Waals surface area contributed by atoms with Crippen LogP contribution in [0.1, 0.15) is 25.3 Å². The molecule has 0 fully saturated rings. The fourth-order valence-corrected chi connectivity index (χ4v) is 1.76. The highest BCUT2D eigenvalue weighted by atomic mass is 16.3. The molecule has 1 heterocycles. The first-order valence-corrected chi connectivity index (χ1v) is 5.69. The number of para-hydroxylation sites is 1. The Kier molecular flexibility index (Phi) is 3.49. The van der Waals surface area contributed by atoms with Crippen molar-refractivity contribution in [1.82, 2.24) is 15.4 Å². The molecule has 0 radical (unpaired) electrons. The van der Waals surface area contributed by atoms with Gasteiger partial charge in [0.1, 0.15) is 16.8 Å². The number of aliphatic hydroxyl groups is 1. The predicted octanol–water partition coefficient (Wildman–Crippen LogP) is 1.23. The molecular formula is C12H15N3O2. The Hall–Kier alpha value is -1.75. The largest absolute Gasteiger partial charge is 0.393 e. The van der Waals surface area contributed by atoms with E-state index in [9.17, 15) is 9.90 Å². The SMILES string of the molecule is CC[C@@H](O)CC(=O)Cc1cccc2n[nH]nc12. The minimum absolute atomic E-state index is 0.0230. The standard InChI is InChI=1S/C12H15N3O2/c1-2-9(16)7-10(17)6-8-4-3-5-11-12(8)14-15-13-11/h3-5,9,16H,2,6-7H2,1H3,(H,13,14,15)/t9-/m1/s1. The smallest absolute Gasteiger partial charge is 0.139 e. The van der Waals surface area contributed by atoms with E-state index in [-0.39, 0.29) is 12.2 Å². The Balaban J connectivity index is 2.13. The Morgan fingerprint density at radius 1 is 1.47 bits per heavy atom. The minimum Gasteiger partial charge on any atom is -0.393 e. The molecule has 2 rings (SSSR count). The lowest BCUT2D eigenvalue weighted by Gasteiger charge is -2.06. The molecule has 1 atom stereocenters. The van der Waals surface area contributed by atoms with E-state index in [0.29, 0.717) is 12.8 Å². The van der Waals surface area contributed by atoms with Crippen LogP contribution in [0.5, 0.6) is 0 Å². The molecule has 0 bridgehead atoms. The molecule has 5 nitrogen and oxygen atoms in total. The highest BCUT2D eigenvalue weighted by Crippen LogP contribution is 2.15. The Labute approximate surface area is 98.8 Å². The highest BCUT2D eigenvalue weighted by Gasteiger charge is 2.12. The van der Waals surface area contributed by atoms with Gasteiger partial charge in [-0.25, -0.2) is 0 Å². The van der Waals surface area contributed by atoms with Crippen molar-refractivity contribution in [2.75, 3.05) is 0 Å². The molecule has 0 aliphatic heterocycles. The highest BCUT2D eigenvalue weighted by molar-refractivity contribution is 5.87. The molecule has 2 aromatic rings. The van der Waals surface area contributed by atoms with Crippen LogP contribution >= 0.6 is 0 Å². The number of aromatic amines is 1. The van der Waals surface area contributed by atoms with Crippen LogP contribution in [-0.2, 0) is 11.2 Å². The van der Waals surface area contributed by atoms with Crippen molar-refractivity contribution in [1.29, 1.82) is 0 Å². The minimum atomic E-state index is -0.543. The van der Waals surface area contributed by atoms with E-state index >= 15 is 0 Å². The first-order chi connectivity index (χ1) is 8.20.